The number of nitriles is 1. The monoisotopic (exact) mass is 553 g/mol. The molecule has 204 valence electrons. The number of nitrogens with two attached hydrogens (primary N) is 1. The van der Waals surface area contributed by atoms with Gasteiger partial charge in [0, 0.05) is 28.4 Å². The van der Waals surface area contributed by atoms with Crippen LogP contribution in [0.4, 0.5) is 5.69 Å². The summed E-state index contributed by atoms with van der Waals surface area (Å²) in [5, 5.41) is 11.1. The second kappa shape index (κ2) is 11.1. The van der Waals surface area contributed by atoms with Gasteiger partial charge in [-0.2, -0.15) is 5.26 Å². The molecule has 0 spiro atoms. The van der Waals surface area contributed by atoms with Crippen molar-refractivity contribution in [1.82, 2.24) is 0 Å². The topological polar surface area (TPSA) is 88.6 Å². The lowest BCUT2D eigenvalue weighted by atomic mass is 9.74. The van der Waals surface area contributed by atoms with E-state index in [4.69, 9.17) is 26.8 Å². The fourth-order valence-electron chi connectivity index (χ4n) is 5.74. The normalized spacial score (nSPS) is 17.1. The summed E-state index contributed by atoms with van der Waals surface area (Å²) in [6, 6.07) is 19.6. The first-order valence-electron chi connectivity index (χ1n) is 13.3. The Hall–Kier alpha value is -4.21. The van der Waals surface area contributed by atoms with Crippen LogP contribution in [0.15, 0.2) is 77.3 Å². The molecule has 2 N–H and O–H groups in total. The van der Waals surface area contributed by atoms with Crippen LogP contribution < -0.4 is 20.1 Å². The van der Waals surface area contributed by atoms with Crippen molar-refractivity contribution in [2.24, 2.45) is 5.73 Å². The van der Waals surface area contributed by atoms with Crippen molar-refractivity contribution < 1.29 is 14.3 Å². The van der Waals surface area contributed by atoms with Crippen LogP contribution in [0.1, 0.15) is 53.0 Å². The van der Waals surface area contributed by atoms with Gasteiger partial charge in [-0.1, -0.05) is 23.7 Å². The smallest absolute Gasteiger partial charge is 0.161 e. The van der Waals surface area contributed by atoms with Crippen LogP contribution in [-0.2, 0) is 11.4 Å². The zero-order valence-corrected chi connectivity index (χ0v) is 23.9. The molecule has 0 saturated carbocycles. The van der Waals surface area contributed by atoms with Gasteiger partial charge in [-0.3, -0.25) is 9.69 Å². The maximum atomic E-state index is 13.6. The minimum atomic E-state index is -0.543. The van der Waals surface area contributed by atoms with Gasteiger partial charge in [0.1, 0.15) is 23.9 Å². The highest BCUT2D eigenvalue weighted by molar-refractivity contribution is 6.30. The Morgan fingerprint density at radius 3 is 2.45 bits per heavy atom. The molecule has 1 unspecified atom stereocenters. The van der Waals surface area contributed by atoms with Crippen LogP contribution in [0, 0.1) is 32.1 Å². The number of halogens is 1. The van der Waals surface area contributed by atoms with Crippen molar-refractivity contribution in [1.29, 1.82) is 5.26 Å². The average molecular weight is 554 g/mol. The van der Waals surface area contributed by atoms with Crippen molar-refractivity contribution in [2.45, 2.75) is 52.6 Å². The molecule has 1 atom stereocenters. The predicted octanol–water partition coefficient (Wildman–Crippen LogP) is 7.16. The third-order valence-corrected chi connectivity index (χ3v) is 8.03. The molecule has 3 aromatic rings. The van der Waals surface area contributed by atoms with E-state index in [-0.39, 0.29) is 5.78 Å². The summed E-state index contributed by atoms with van der Waals surface area (Å²) >= 11 is 6.12. The van der Waals surface area contributed by atoms with Crippen molar-refractivity contribution in [2.75, 3.05) is 12.0 Å². The largest absolute Gasteiger partial charge is 0.497 e. The van der Waals surface area contributed by atoms with E-state index in [0.717, 1.165) is 57.1 Å². The van der Waals surface area contributed by atoms with Crippen LogP contribution in [0.2, 0.25) is 5.02 Å². The number of Topliss-reactive ketones (excluding diaryl/α,β-unsaturated/α-hetero) is 1. The van der Waals surface area contributed by atoms with Gasteiger partial charge in [0.25, 0.3) is 0 Å². The van der Waals surface area contributed by atoms with Gasteiger partial charge in [-0.15, -0.1) is 0 Å². The average Bonchev–Trinajstić information content (AvgIpc) is 2.93. The number of hydrogen-bond acceptors (Lipinski definition) is 6. The molecule has 1 aliphatic heterocycles. The quantitative estimate of drug-likeness (QED) is 0.348. The van der Waals surface area contributed by atoms with Crippen molar-refractivity contribution >= 4 is 23.1 Å². The fourth-order valence-corrected chi connectivity index (χ4v) is 5.96. The number of aryl methyl sites for hydroxylation is 3. The number of anilines is 1. The van der Waals surface area contributed by atoms with Crippen LogP contribution in [0.25, 0.3) is 0 Å². The highest BCUT2D eigenvalue weighted by atomic mass is 35.5. The number of carbonyl (C=O) groups excluding carboxylic acids is 1. The number of carbonyl (C=O) groups is 1. The maximum absolute atomic E-state index is 13.6. The highest BCUT2D eigenvalue weighted by Crippen LogP contribution is 2.47. The third kappa shape index (κ3) is 4.94. The summed E-state index contributed by atoms with van der Waals surface area (Å²) in [6.07, 6.45) is 1.87. The minimum Gasteiger partial charge on any atom is -0.497 e. The van der Waals surface area contributed by atoms with Crippen LogP contribution in [-0.4, -0.2) is 12.9 Å². The lowest BCUT2D eigenvalue weighted by Gasteiger charge is -2.40. The first kappa shape index (κ1) is 27.4. The summed E-state index contributed by atoms with van der Waals surface area (Å²) in [7, 11) is 1.61. The molecule has 7 heteroatoms. The van der Waals surface area contributed by atoms with Gasteiger partial charge in [-0.25, -0.2) is 0 Å². The zero-order chi connectivity index (χ0) is 28.6. The maximum Gasteiger partial charge on any atom is 0.161 e. The van der Waals surface area contributed by atoms with E-state index in [1.165, 1.54) is 0 Å². The molecule has 0 radical (unpaired) electrons. The Labute approximate surface area is 240 Å². The molecule has 1 aliphatic carbocycles. The predicted molar refractivity (Wildman–Crippen MR) is 157 cm³/mol. The highest BCUT2D eigenvalue weighted by Gasteiger charge is 2.41. The Kier molecular flexibility index (Phi) is 7.60. The Balaban J connectivity index is 1.61. The molecule has 0 bridgehead atoms. The van der Waals surface area contributed by atoms with Gasteiger partial charge < -0.3 is 15.2 Å². The van der Waals surface area contributed by atoms with Gasteiger partial charge >= 0.3 is 0 Å². The number of methoxy groups -OCH3 is 1. The zero-order valence-electron chi connectivity index (χ0n) is 23.2. The summed E-state index contributed by atoms with van der Waals surface area (Å²) in [6.45, 7) is 6.36. The van der Waals surface area contributed by atoms with E-state index >= 15 is 0 Å². The van der Waals surface area contributed by atoms with E-state index in [2.05, 4.69) is 18.2 Å². The molecule has 5 rings (SSSR count). The fraction of sp³-hybridized carbons (Fsp3) is 0.273. The number of nitrogens with zero attached hydrogens (tertiary/aromatic N) is 2. The van der Waals surface area contributed by atoms with E-state index in [0.29, 0.717) is 41.4 Å². The number of ether oxygens (including phenoxy) is 2. The summed E-state index contributed by atoms with van der Waals surface area (Å²) in [4.78, 5) is 15.5. The molecular formula is C33H32ClN3O3. The minimum absolute atomic E-state index is 0.0552. The van der Waals surface area contributed by atoms with Gasteiger partial charge in [0.2, 0.25) is 0 Å². The molecular weight excluding hydrogens is 522 g/mol. The molecule has 1 heterocycles. The van der Waals surface area contributed by atoms with Crippen molar-refractivity contribution in [3.05, 3.63) is 110 Å². The standard InChI is InChI=1S/C33H32ClN3O3/c1-19-14-20(2)26(16-22(19)18-40-30-13-8-23(34)15-21(30)3)31-27(17-35)33(36)37(24-9-11-25(39-4)12-10-24)28-6-5-7-29(38)32(28)31/h8-16,31H,5-7,18,36H2,1-4H3. The second-order valence-corrected chi connectivity index (χ2v) is 10.8. The SMILES string of the molecule is COc1ccc(N2C(N)=C(C#N)C(c3cc(COc4ccc(Cl)cc4C)c(C)cc3C)C3=C2CCCC3=O)cc1. The molecule has 6 nitrogen and oxygen atoms in total. The number of rotatable bonds is 6. The van der Waals surface area contributed by atoms with Crippen LogP contribution in [0.3, 0.4) is 0 Å². The first-order valence-corrected chi connectivity index (χ1v) is 13.7. The van der Waals surface area contributed by atoms with Gasteiger partial charge in [0.15, 0.2) is 5.78 Å². The van der Waals surface area contributed by atoms with Crippen LogP contribution >= 0.6 is 11.6 Å². The lowest BCUT2D eigenvalue weighted by Crippen LogP contribution is -2.38. The summed E-state index contributed by atoms with van der Waals surface area (Å²) in [5.74, 6) is 1.33. The van der Waals surface area contributed by atoms with Gasteiger partial charge in [-0.05, 0) is 104 Å². The number of allylic oxidation sites excluding steroid dienone is 3. The van der Waals surface area contributed by atoms with E-state index in [9.17, 15) is 10.1 Å². The van der Waals surface area contributed by atoms with Crippen molar-refractivity contribution in [3.8, 4) is 17.6 Å². The van der Waals surface area contributed by atoms with Crippen molar-refractivity contribution in [3.63, 3.8) is 0 Å². The summed E-state index contributed by atoms with van der Waals surface area (Å²) in [5.41, 5.74) is 14.3. The molecule has 40 heavy (non-hydrogen) atoms. The van der Waals surface area contributed by atoms with Gasteiger partial charge in [0.05, 0.1) is 24.7 Å². The number of benzene rings is 3. The lowest BCUT2D eigenvalue weighted by molar-refractivity contribution is -0.116. The Morgan fingerprint density at radius 1 is 1.02 bits per heavy atom. The second-order valence-electron chi connectivity index (χ2n) is 10.3. The Bertz CT molecular complexity index is 1600. The third-order valence-electron chi connectivity index (χ3n) is 7.80. The molecule has 0 saturated heterocycles. The molecule has 0 amide bonds. The number of hydrogen-bond donors (Lipinski definition) is 1. The Morgan fingerprint density at radius 2 is 1.77 bits per heavy atom. The van der Waals surface area contributed by atoms with Crippen LogP contribution in [0.5, 0.6) is 11.5 Å². The summed E-state index contributed by atoms with van der Waals surface area (Å²) < 4.78 is 11.5. The molecule has 3 aromatic carbocycles. The number of ketones is 1. The molecule has 0 aromatic heterocycles. The van der Waals surface area contributed by atoms with E-state index in [1.807, 2.05) is 68.1 Å². The first-order chi connectivity index (χ1) is 19.2. The van der Waals surface area contributed by atoms with E-state index < -0.39 is 5.92 Å². The molecule has 0 fully saturated rings. The molecule has 2 aliphatic rings. The van der Waals surface area contributed by atoms with E-state index in [1.54, 1.807) is 7.11 Å².